The van der Waals surface area contributed by atoms with Crippen LogP contribution in [0.3, 0.4) is 0 Å². The number of aromatic amines is 2. The maximum atomic E-state index is 13.2. The molecule has 0 fully saturated rings. The van der Waals surface area contributed by atoms with Gasteiger partial charge in [-0.05, 0) is 5.92 Å². The van der Waals surface area contributed by atoms with Crippen LogP contribution in [0.15, 0.2) is 25.0 Å². The summed E-state index contributed by atoms with van der Waals surface area (Å²) in [6, 6.07) is -4.71. The molecule has 35 heavy (non-hydrogen) atoms. The third kappa shape index (κ3) is 8.19. The van der Waals surface area contributed by atoms with Gasteiger partial charge in [0.2, 0.25) is 17.7 Å². The SMILES string of the molecule is CCC(C)C(NC(=O)C(Cc1cnc[nH]1)NC(=O)C(N)CO)C(=O)NC(Cc1cnc[nH]1)C(=O)O. The van der Waals surface area contributed by atoms with Crippen LogP contribution >= 0.6 is 0 Å². The number of carbonyl (C=O) groups is 4. The third-order valence-electron chi connectivity index (χ3n) is 5.53. The van der Waals surface area contributed by atoms with Gasteiger partial charge in [0.05, 0.1) is 19.3 Å². The molecule has 2 aromatic rings. The van der Waals surface area contributed by atoms with E-state index in [0.29, 0.717) is 17.8 Å². The van der Waals surface area contributed by atoms with Gasteiger partial charge in [-0.3, -0.25) is 14.4 Å². The topological polar surface area (TPSA) is 228 Å². The van der Waals surface area contributed by atoms with Gasteiger partial charge in [0, 0.05) is 36.6 Å². The first-order valence-corrected chi connectivity index (χ1v) is 11.1. The molecule has 0 saturated heterocycles. The van der Waals surface area contributed by atoms with Crippen LogP contribution in [-0.2, 0) is 32.0 Å². The fraction of sp³-hybridized carbons (Fsp3) is 0.524. The van der Waals surface area contributed by atoms with Crippen LogP contribution in [0.5, 0.6) is 0 Å². The van der Waals surface area contributed by atoms with E-state index in [1.165, 1.54) is 25.0 Å². The number of amides is 3. The van der Waals surface area contributed by atoms with E-state index in [2.05, 4.69) is 35.9 Å². The standard InChI is InChI=1S/C21H32N8O6/c1-3-11(2)17(20(33)28-16(21(34)35)5-13-7-24-10-26-13)29-19(32)15(4-12-6-23-9-25-12)27-18(31)14(22)8-30/h6-7,9-11,14-17,30H,3-5,8,22H2,1-2H3,(H,23,25)(H,24,26)(H,27,31)(H,28,33)(H,29,32)(H,34,35). The van der Waals surface area contributed by atoms with Crippen molar-refractivity contribution in [1.82, 2.24) is 35.9 Å². The van der Waals surface area contributed by atoms with E-state index in [-0.39, 0.29) is 18.8 Å². The van der Waals surface area contributed by atoms with Gasteiger partial charge < -0.3 is 41.9 Å². The molecule has 0 bridgehead atoms. The van der Waals surface area contributed by atoms with Gasteiger partial charge in [-0.1, -0.05) is 20.3 Å². The molecule has 0 aliphatic heterocycles. The highest BCUT2D eigenvalue weighted by molar-refractivity contribution is 5.94. The van der Waals surface area contributed by atoms with Crippen LogP contribution in [0, 0.1) is 5.92 Å². The van der Waals surface area contributed by atoms with E-state index < -0.39 is 54.5 Å². The second-order valence-electron chi connectivity index (χ2n) is 8.18. The number of nitrogens with two attached hydrogens (primary N) is 1. The largest absolute Gasteiger partial charge is 0.480 e. The van der Waals surface area contributed by atoms with Gasteiger partial charge >= 0.3 is 5.97 Å². The lowest BCUT2D eigenvalue weighted by Gasteiger charge is -2.28. The van der Waals surface area contributed by atoms with E-state index in [9.17, 15) is 24.3 Å². The second-order valence-corrected chi connectivity index (χ2v) is 8.18. The number of aliphatic hydroxyl groups excluding tert-OH is 1. The normalized spacial score (nSPS) is 15.3. The highest BCUT2D eigenvalue weighted by Gasteiger charge is 2.33. The van der Waals surface area contributed by atoms with Crippen molar-refractivity contribution in [2.75, 3.05) is 6.61 Å². The summed E-state index contributed by atoms with van der Waals surface area (Å²) >= 11 is 0. The lowest BCUT2D eigenvalue weighted by molar-refractivity contribution is -0.142. The molecule has 2 aromatic heterocycles. The maximum absolute atomic E-state index is 13.2. The van der Waals surface area contributed by atoms with Crippen LogP contribution in [0.25, 0.3) is 0 Å². The van der Waals surface area contributed by atoms with E-state index in [1.54, 1.807) is 6.92 Å². The Morgan fingerprint density at radius 1 is 0.943 bits per heavy atom. The van der Waals surface area contributed by atoms with Crippen LogP contribution in [-0.4, -0.2) is 84.6 Å². The summed E-state index contributed by atoms with van der Waals surface area (Å²) in [5.41, 5.74) is 6.61. The number of hydrogen-bond donors (Lipinski definition) is 8. The number of aliphatic carboxylic acids is 1. The minimum atomic E-state index is -1.26. The minimum Gasteiger partial charge on any atom is -0.480 e. The number of imidazole rings is 2. The maximum Gasteiger partial charge on any atom is 0.326 e. The van der Waals surface area contributed by atoms with Crippen molar-refractivity contribution in [3.63, 3.8) is 0 Å². The lowest BCUT2D eigenvalue weighted by Crippen LogP contribution is -2.59. The summed E-state index contributed by atoms with van der Waals surface area (Å²) in [6.45, 7) is 2.94. The molecule has 0 spiro atoms. The first kappa shape index (κ1) is 27.5. The number of carboxylic acid groups (broad SMARTS) is 1. The number of rotatable bonds is 14. The Morgan fingerprint density at radius 2 is 1.49 bits per heavy atom. The average Bonchev–Trinajstić information content (AvgIpc) is 3.54. The smallest absolute Gasteiger partial charge is 0.326 e. The van der Waals surface area contributed by atoms with Gasteiger partial charge in [0.1, 0.15) is 24.2 Å². The predicted octanol–water partition coefficient (Wildman–Crippen LogP) is -2.18. The van der Waals surface area contributed by atoms with E-state index in [4.69, 9.17) is 10.8 Å². The van der Waals surface area contributed by atoms with Crippen molar-refractivity contribution in [3.8, 4) is 0 Å². The number of aliphatic hydroxyl groups is 1. The molecule has 5 atom stereocenters. The number of nitrogens with one attached hydrogen (secondary N) is 5. The van der Waals surface area contributed by atoms with Crippen LogP contribution in [0.2, 0.25) is 0 Å². The molecule has 9 N–H and O–H groups in total. The molecule has 2 rings (SSSR count). The summed E-state index contributed by atoms with van der Waals surface area (Å²) in [5.74, 6) is -3.72. The zero-order valence-electron chi connectivity index (χ0n) is 19.5. The first-order valence-electron chi connectivity index (χ1n) is 11.1. The van der Waals surface area contributed by atoms with Crippen molar-refractivity contribution in [2.45, 2.75) is 57.3 Å². The summed E-state index contributed by atoms with van der Waals surface area (Å²) in [7, 11) is 0. The number of aromatic nitrogens is 4. The Morgan fingerprint density at radius 3 is 1.94 bits per heavy atom. The molecule has 0 aliphatic carbocycles. The van der Waals surface area contributed by atoms with Crippen molar-refractivity contribution in [1.29, 1.82) is 0 Å². The lowest BCUT2D eigenvalue weighted by atomic mass is 9.97. The molecular weight excluding hydrogens is 460 g/mol. The number of carbonyl (C=O) groups excluding carboxylic acids is 3. The molecular formula is C21H32N8O6. The zero-order valence-corrected chi connectivity index (χ0v) is 19.5. The van der Waals surface area contributed by atoms with Gasteiger partial charge in [0.15, 0.2) is 0 Å². The molecule has 5 unspecified atom stereocenters. The highest BCUT2D eigenvalue weighted by atomic mass is 16.4. The monoisotopic (exact) mass is 492 g/mol. The third-order valence-corrected chi connectivity index (χ3v) is 5.53. The van der Waals surface area contributed by atoms with Gasteiger partial charge in [-0.25, -0.2) is 14.8 Å². The number of hydrogen-bond acceptors (Lipinski definition) is 8. The number of H-pyrrole nitrogens is 2. The molecule has 0 aromatic carbocycles. The molecule has 0 saturated carbocycles. The fourth-order valence-corrected chi connectivity index (χ4v) is 3.22. The van der Waals surface area contributed by atoms with E-state index in [1.807, 2.05) is 6.92 Å². The molecule has 0 radical (unpaired) electrons. The summed E-state index contributed by atoms with van der Waals surface area (Å²) < 4.78 is 0. The Kier molecular flexibility index (Phi) is 10.4. The van der Waals surface area contributed by atoms with Crippen LogP contribution in [0.1, 0.15) is 31.7 Å². The Bertz CT molecular complexity index is 965. The molecule has 0 aliphatic rings. The second kappa shape index (κ2) is 13.2. The van der Waals surface area contributed by atoms with Crippen molar-refractivity contribution in [3.05, 3.63) is 36.4 Å². The van der Waals surface area contributed by atoms with E-state index >= 15 is 0 Å². The van der Waals surface area contributed by atoms with Crippen molar-refractivity contribution in [2.24, 2.45) is 11.7 Å². The van der Waals surface area contributed by atoms with Crippen LogP contribution in [0.4, 0.5) is 0 Å². The molecule has 192 valence electrons. The van der Waals surface area contributed by atoms with Crippen LogP contribution < -0.4 is 21.7 Å². The fourth-order valence-electron chi connectivity index (χ4n) is 3.22. The summed E-state index contributed by atoms with van der Waals surface area (Å²) in [4.78, 5) is 63.5. The summed E-state index contributed by atoms with van der Waals surface area (Å²) in [5, 5.41) is 26.3. The molecule has 14 heteroatoms. The zero-order chi connectivity index (χ0) is 26.0. The Hall–Kier alpha value is -3.78. The van der Waals surface area contributed by atoms with E-state index in [0.717, 1.165) is 0 Å². The Balaban J connectivity index is 2.18. The first-order chi connectivity index (χ1) is 16.7. The summed E-state index contributed by atoms with van der Waals surface area (Å²) in [6.07, 6.45) is 6.23. The van der Waals surface area contributed by atoms with Gasteiger partial charge in [0.25, 0.3) is 0 Å². The molecule has 3 amide bonds. The molecule has 14 nitrogen and oxygen atoms in total. The minimum absolute atomic E-state index is 0.0160. The number of nitrogens with zero attached hydrogens (tertiary/aromatic N) is 2. The van der Waals surface area contributed by atoms with Gasteiger partial charge in [-0.2, -0.15) is 0 Å². The molecule has 2 heterocycles. The predicted molar refractivity (Wildman–Crippen MR) is 123 cm³/mol. The quantitative estimate of drug-likeness (QED) is 0.143. The highest BCUT2D eigenvalue weighted by Crippen LogP contribution is 2.11. The number of carboxylic acids is 1. The van der Waals surface area contributed by atoms with Crippen molar-refractivity contribution >= 4 is 23.7 Å². The Labute approximate surface area is 201 Å². The van der Waals surface area contributed by atoms with Crippen molar-refractivity contribution < 1.29 is 29.4 Å². The average molecular weight is 493 g/mol. The van der Waals surface area contributed by atoms with Gasteiger partial charge in [-0.15, -0.1) is 0 Å².